The molecule has 0 aliphatic carbocycles. The predicted octanol–water partition coefficient (Wildman–Crippen LogP) is 5.23. The van der Waals surface area contributed by atoms with Gasteiger partial charge in [-0.05, 0) is 48.6 Å². The average Bonchev–Trinajstić information content (AvgIpc) is 2.86. The molecule has 0 amide bonds. The molecule has 0 heterocycles. The van der Waals surface area contributed by atoms with Crippen LogP contribution >= 0.6 is 0 Å². The molecule has 0 spiro atoms. The number of aryl methyl sites for hydroxylation is 1. The Hall–Kier alpha value is -4.13. The fraction of sp³-hybridized carbons (Fsp3) is 0.233. The van der Waals surface area contributed by atoms with E-state index < -0.39 is 11.6 Å². The van der Waals surface area contributed by atoms with Crippen LogP contribution in [0.5, 0.6) is 0 Å². The second kappa shape index (κ2) is 13.3. The lowest BCUT2D eigenvalue weighted by Crippen LogP contribution is -2.37. The highest BCUT2D eigenvalue weighted by atomic mass is 19.1. The first-order chi connectivity index (χ1) is 17.8. The summed E-state index contributed by atoms with van der Waals surface area (Å²) in [5.41, 5.74) is 15.0. The summed E-state index contributed by atoms with van der Waals surface area (Å²) in [6.07, 6.45) is 1.29. The molecule has 194 valence electrons. The molecule has 3 aromatic carbocycles. The Bertz CT molecular complexity index is 1160. The van der Waals surface area contributed by atoms with Crippen molar-refractivity contribution in [3.8, 4) is 0 Å². The second-order valence-electron chi connectivity index (χ2n) is 9.01. The number of rotatable bonds is 13. The van der Waals surface area contributed by atoms with Gasteiger partial charge in [0.25, 0.3) is 0 Å². The van der Waals surface area contributed by atoms with Crippen molar-refractivity contribution >= 4 is 5.96 Å². The highest BCUT2D eigenvalue weighted by Gasteiger charge is 2.22. The quantitative estimate of drug-likeness (QED) is 0.146. The van der Waals surface area contributed by atoms with Crippen LogP contribution < -0.4 is 22.1 Å². The topological polar surface area (TPSA) is 88.5 Å². The number of nitrogens with zero attached hydrogens (tertiary/aromatic N) is 1. The van der Waals surface area contributed by atoms with E-state index in [4.69, 9.17) is 11.5 Å². The van der Waals surface area contributed by atoms with Crippen LogP contribution in [0.25, 0.3) is 0 Å². The molecule has 0 bridgehead atoms. The van der Waals surface area contributed by atoms with Crippen LogP contribution in [0, 0.1) is 18.6 Å². The summed E-state index contributed by atoms with van der Waals surface area (Å²) in [5.74, 6) is -1.26. The van der Waals surface area contributed by atoms with Gasteiger partial charge in [0.2, 0.25) is 0 Å². The number of nitrogens with one attached hydrogen (secondary N) is 2. The summed E-state index contributed by atoms with van der Waals surface area (Å²) in [4.78, 5) is 4.06. The van der Waals surface area contributed by atoms with Crippen LogP contribution in [-0.2, 0) is 6.54 Å². The summed E-state index contributed by atoms with van der Waals surface area (Å²) in [7, 11) is 0. The van der Waals surface area contributed by atoms with Gasteiger partial charge in [0.05, 0.1) is 6.04 Å². The van der Waals surface area contributed by atoms with Gasteiger partial charge < -0.3 is 22.1 Å². The third-order valence-corrected chi connectivity index (χ3v) is 6.12. The largest absolute Gasteiger partial charge is 0.383 e. The highest BCUT2D eigenvalue weighted by molar-refractivity contribution is 5.75. The maximum atomic E-state index is 14.4. The van der Waals surface area contributed by atoms with Crippen LogP contribution in [-0.4, -0.2) is 18.5 Å². The molecule has 0 aromatic heterocycles. The minimum atomic E-state index is -0.590. The van der Waals surface area contributed by atoms with Crippen molar-refractivity contribution < 1.29 is 8.78 Å². The minimum absolute atomic E-state index is 0.0312. The molecule has 0 saturated heterocycles. The van der Waals surface area contributed by atoms with E-state index in [9.17, 15) is 8.78 Å². The van der Waals surface area contributed by atoms with E-state index in [0.717, 1.165) is 16.8 Å². The van der Waals surface area contributed by atoms with Crippen molar-refractivity contribution in [1.29, 1.82) is 0 Å². The first-order valence-electron chi connectivity index (χ1n) is 12.2. The van der Waals surface area contributed by atoms with E-state index in [1.54, 1.807) is 6.92 Å². The van der Waals surface area contributed by atoms with Gasteiger partial charge in [-0.15, -0.1) is 0 Å². The van der Waals surface area contributed by atoms with E-state index in [0.29, 0.717) is 30.6 Å². The first kappa shape index (κ1) is 27.5. The number of halogens is 2. The zero-order valence-corrected chi connectivity index (χ0v) is 21.2. The molecule has 0 radical (unpaired) electrons. The molecule has 1 atom stereocenters. The van der Waals surface area contributed by atoms with E-state index in [2.05, 4.69) is 53.0 Å². The molecule has 6 N–H and O–H groups in total. The van der Waals surface area contributed by atoms with Crippen LogP contribution in [0.3, 0.4) is 0 Å². The number of benzene rings is 3. The normalized spacial score (nSPS) is 11.6. The maximum absolute atomic E-state index is 14.4. The molecule has 1 unspecified atom stereocenters. The molecule has 0 aliphatic heterocycles. The number of guanidine groups is 1. The van der Waals surface area contributed by atoms with Crippen molar-refractivity contribution in [2.75, 3.05) is 6.54 Å². The fourth-order valence-corrected chi connectivity index (χ4v) is 4.25. The van der Waals surface area contributed by atoms with Gasteiger partial charge in [-0.1, -0.05) is 73.8 Å². The summed E-state index contributed by atoms with van der Waals surface area (Å²) in [5, 5.41) is 6.63. The van der Waals surface area contributed by atoms with Gasteiger partial charge in [-0.25, -0.2) is 8.78 Å². The molecular weight excluding hydrogens is 468 g/mol. The molecule has 0 aliphatic rings. The highest BCUT2D eigenvalue weighted by Crippen LogP contribution is 2.30. The molecule has 3 aromatic rings. The van der Waals surface area contributed by atoms with Crippen LogP contribution in [0.2, 0.25) is 0 Å². The third-order valence-electron chi connectivity index (χ3n) is 6.12. The van der Waals surface area contributed by atoms with Crippen molar-refractivity contribution in [1.82, 2.24) is 10.6 Å². The Morgan fingerprint density at radius 2 is 1.43 bits per heavy atom. The Morgan fingerprint density at radius 1 is 0.892 bits per heavy atom. The van der Waals surface area contributed by atoms with Crippen LogP contribution in [0.4, 0.5) is 8.78 Å². The molecule has 3 rings (SSSR count). The van der Waals surface area contributed by atoms with Gasteiger partial charge in [-0.2, -0.15) is 0 Å². The van der Waals surface area contributed by atoms with Gasteiger partial charge in [0.1, 0.15) is 11.6 Å². The zero-order valence-electron chi connectivity index (χ0n) is 21.2. The first-order valence-corrected chi connectivity index (χ1v) is 12.2. The van der Waals surface area contributed by atoms with Crippen LogP contribution in [0.15, 0.2) is 102 Å². The summed E-state index contributed by atoms with van der Waals surface area (Å²) in [6, 6.07) is 22.5. The molecule has 0 fully saturated rings. The lowest BCUT2D eigenvalue weighted by atomic mass is 9.88. The molecule has 0 saturated carbocycles. The van der Waals surface area contributed by atoms with Gasteiger partial charge in [-0.3, -0.25) is 4.99 Å². The molecular formula is C30H35F2N5. The Morgan fingerprint density at radius 3 is 1.95 bits per heavy atom. The average molecular weight is 504 g/mol. The van der Waals surface area contributed by atoms with Crippen molar-refractivity contribution in [2.24, 2.45) is 16.5 Å². The number of hydrogen-bond acceptors (Lipinski definition) is 3. The Labute approximate surface area is 218 Å². The Balaban J connectivity index is 1.81. The Kier molecular flexibility index (Phi) is 9.84. The maximum Gasteiger partial charge on any atom is 0.185 e. The van der Waals surface area contributed by atoms with Crippen molar-refractivity contribution in [3.63, 3.8) is 0 Å². The van der Waals surface area contributed by atoms with Gasteiger partial charge in [0, 0.05) is 36.0 Å². The van der Waals surface area contributed by atoms with Gasteiger partial charge in [0.15, 0.2) is 5.96 Å². The van der Waals surface area contributed by atoms with E-state index in [-0.39, 0.29) is 30.0 Å². The van der Waals surface area contributed by atoms with E-state index in [1.807, 2.05) is 36.4 Å². The molecule has 7 heteroatoms. The third kappa shape index (κ3) is 7.93. The second-order valence-corrected chi connectivity index (χ2v) is 9.01. The minimum Gasteiger partial charge on any atom is -0.383 e. The fourth-order valence-electron chi connectivity index (χ4n) is 4.25. The van der Waals surface area contributed by atoms with E-state index in [1.165, 1.54) is 12.1 Å². The lowest BCUT2D eigenvalue weighted by molar-refractivity contribution is 0.507. The predicted molar refractivity (Wildman–Crippen MR) is 148 cm³/mol. The number of hydrogen-bond donors (Lipinski definition) is 4. The summed E-state index contributed by atoms with van der Waals surface area (Å²) < 4.78 is 28.8. The number of allylic oxidation sites excluding steroid dienone is 1. The molecule has 5 nitrogen and oxygen atoms in total. The van der Waals surface area contributed by atoms with Crippen molar-refractivity contribution in [2.45, 2.75) is 38.3 Å². The number of aliphatic imine (C=N–C) groups is 1. The lowest BCUT2D eigenvalue weighted by Gasteiger charge is -2.29. The monoisotopic (exact) mass is 503 g/mol. The van der Waals surface area contributed by atoms with Crippen LogP contribution in [0.1, 0.15) is 41.0 Å². The molecule has 37 heavy (non-hydrogen) atoms. The smallest absolute Gasteiger partial charge is 0.185 e. The van der Waals surface area contributed by atoms with Crippen molar-refractivity contribution in [3.05, 3.63) is 131 Å². The van der Waals surface area contributed by atoms with E-state index >= 15 is 0 Å². The summed E-state index contributed by atoms with van der Waals surface area (Å²) >= 11 is 0. The summed E-state index contributed by atoms with van der Waals surface area (Å²) in [6.45, 7) is 10.6. The standard InChI is InChI=1S/C30H35F2N5/c1-20-17-26(31)25(27(32)18-20)19-36-21(2)28(15-10-16-35-30(33)34)37-22(3)29(23-11-6-4-7-12-23)24-13-8-5-9-14-24/h4-9,11-14,17-18,28-29,36-37H,2-3,10,15-16,19H2,1H3,(H4,33,34,35). The zero-order chi connectivity index (χ0) is 26.8. The van der Waals surface area contributed by atoms with Gasteiger partial charge >= 0.3 is 0 Å². The number of nitrogens with two attached hydrogens (primary N) is 2. The SMILES string of the molecule is C=C(NCc1c(F)cc(C)cc1F)C(CCCN=C(N)N)NC(=C)C(c1ccccc1)c1ccccc1.